The van der Waals surface area contributed by atoms with E-state index in [-0.39, 0.29) is 47.6 Å². The Morgan fingerprint density at radius 1 is 0.923 bits per heavy atom. The van der Waals surface area contributed by atoms with Crippen LogP contribution in [0.5, 0.6) is 0 Å². The highest BCUT2D eigenvalue weighted by molar-refractivity contribution is 8.44. The minimum absolute atomic E-state index is 0.0104. The molecule has 20 nitrogen and oxygen atoms in total. The van der Waals surface area contributed by atoms with E-state index in [0.717, 1.165) is 36.2 Å². The molecule has 2 unspecified atom stereocenters. The predicted octanol–water partition coefficient (Wildman–Crippen LogP) is 6.08. The zero-order chi connectivity index (χ0) is 47.1. The third kappa shape index (κ3) is 9.80. The number of aliphatic hydroxyl groups excluding tert-OH is 1. The summed E-state index contributed by atoms with van der Waals surface area (Å²) < 4.78 is 72.2. The summed E-state index contributed by atoms with van der Waals surface area (Å²) in [6, 6.07) is 0. The van der Waals surface area contributed by atoms with E-state index in [9.17, 15) is 19.4 Å². The number of nitrogens with zero attached hydrogens (tertiary/aromatic N) is 7. The number of aryl methyl sites for hydroxylation is 1. The fraction of sp³-hybridized carbons (Fsp3) is 0.718. The second kappa shape index (κ2) is 18.1. The van der Waals surface area contributed by atoms with Crippen LogP contribution in [-0.4, -0.2) is 129 Å². The monoisotopic (exact) mass is 1020 g/mol. The zero-order valence-corrected chi connectivity index (χ0v) is 43.9. The van der Waals surface area contributed by atoms with Gasteiger partial charge in [-0.2, -0.15) is 0 Å². The summed E-state index contributed by atoms with van der Waals surface area (Å²) >= 11 is 10.4. The maximum atomic E-state index is 14.7. The van der Waals surface area contributed by atoms with Crippen LogP contribution in [0.25, 0.3) is 22.2 Å². The van der Waals surface area contributed by atoms with Gasteiger partial charge in [-0.3, -0.25) is 27.5 Å². The smallest absolute Gasteiger partial charge is 0.386 e. The molecule has 26 heteroatoms. The minimum atomic E-state index is -4.34. The summed E-state index contributed by atoms with van der Waals surface area (Å²) in [5.41, 5.74) is 1.32. The van der Waals surface area contributed by atoms with Gasteiger partial charge in [-0.05, 0) is 53.4 Å². The van der Waals surface area contributed by atoms with Crippen molar-refractivity contribution in [1.82, 2.24) is 33.6 Å². The van der Waals surface area contributed by atoms with E-state index in [1.807, 2.05) is 10.8 Å². The number of hydrogen-bond donors (Lipinski definition) is 4. The summed E-state index contributed by atoms with van der Waals surface area (Å²) in [5, 5.41) is 13.5. The van der Waals surface area contributed by atoms with Gasteiger partial charge in [0.2, 0.25) is 0 Å². The quantitative estimate of drug-likeness (QED) is 0.0847. The minimum Gasteiger partial charge on any atom is -0.407 e. The number of anilines is 1. The van der Waals surface area contributed by atoms with Crippen molar-refractivity contribution >= 4 is 82.0 Å². The van der Waals surface area contributed by atoms with Gasteiger partial charge in [-0.25, -0.2) is 24.5 Å². The van der Waals surface area contributed by atoms with Gasteiger partial charge in [0, 0.05) is 19.0 Å². The van der Waals surface area contributed by atoms with Gasteiger partial charge in [0.25, 0.3) is 5.56 Å². The van der Waals surface area contributed by atoms with Crippen LogP contribution in [0.4, 0.5) is 5.82 Å². The number of ether oxygens (including phenoxy) is 3. The van der Waals surface area contributed by atoms with Crippen molar-refractivity contribution in [1.29, 1.82) is 0 Å². The third-order valence-corrected chi connectivity index (χ3v) is 26.4. The SMILES string of the molecule is CC(C)(C)[Si](C)(C)CO[C@H]1[C@H]2OP(O)(=S)OC[C@H]3O[C@@H](n4cc5c6c(ncnc64)NCCC5)[C@H](O[Si](C)(C)C(C)(C)C)[C@@H]3OP(=O)(S)OC[C@H]1O[C@H]2n1cnc2c(=O)n(CCO)cnc21. The average molecular weight is 1020 g/mol. The first-order valence-corrected chi connectivity index (χ1v) is 33.2. The van der Waals surface area contributed by atoms with Crippen molar-refractivity contribution in [2.45, 2.75) is 146 Å². The van der Waals surface area contributed by atoms with E-state index in [1.165, 1.54) is 28.1 Å². The number of fused-ring (bicyclic) bond motifs is 4. The Morgan fingerprint density at radius 2 is 1.65 bits per heavy atom. The molecule has 0 radical (unpaired) electrons. The molecule has 2 bridgehead atoms. The summed E-state index contributed by atoms with van der Waals surface area (Å²) in [4.78, 5) is 43.6. The Morgan fingerprint density at radius 3 is 2.35 bits per heavy atom. The van der Waals surface area contributed by atoms with E-state index in [0.29, 0.717) is 11.9 Å². The van der Waals surface area contributed by atoms with Gasteiger partial charge in [0.05, 0.1) is 46.2 Å². The molecular weight excluding hydrogens is 955 g/mol. The molecule has 8 rings (SSSR count). The van der Waals surface area contributed by atoms with Crippen LogP contribution in [0.15, 0.2) is 30.0 Å². The molecule has 65 heavy (non-hydrogen) atoms. The Kier molecular flexibility index (Phi) is 13.8. The number of nitrogens with one attached hydrogen (secondary N) is 1. The highest BCUT2D eigenvalue weighted by Gasteiger charge is 2.56. The molecule has 0 amide bonds. The van der Waals surface area contributed by atoms with Gasteiger partial charge < -0.3 is 43.0 Å². The summed E-state index contributed by atoms with van der Waals surface area (Å²) in [5.74, 6) is 0.717. The zero-order valence-electron chi connectivity index (χ0n) is 38.4. The molecule has 4 aromatic heterocycles. The summed E-state index contributed by atoms with van der Waals surface area (Å²) in [6.07, 6.45) is -0.198. The van der Waals surface area contributed by atoms with Gasteiger partial charge >= 0.3 is 13.5 Å². The number of hydrogen-bond acceptors (Lipinski definition) is 17. The third-order valence-electron chi connectivity index (χ3n) is 13.8. The molecule has 4 aromatic rings. The van der Waals surface area contributed by atoms with E-state index in [2.05, 4.69) is 100 Å². The fourth-order valence-corrected chi connectivity index (χ4v) is 13.2. The fourth-order valence-electron chi connectivity index (χ4n) is 8.00. The first-order valence-electron chi connectivity index (χ1n) is 21.8. The lowest BCUT2D eigenvalue weighted by molar-refractivity contribution is -0.0597. The number of rotatable bonds is 9. The maximum Gasteiger partial charge on any atom is 0.386 e. The molecule has 0 aromatic carbocycles. The van der Waals surface area contributed by atoms with E-state index in [1.54, 1.807) is 0 Å². The Hall–Kier alpha value is -1.97. The second-order valence-corrected chi connectivity index (χ2v) is 36.3. The first kappa shape index (κ1) is 49.5. The van der Waals surface area contributed by atoms with E-state index < -0.39 is 84.5 Å². The predicted molar refractivity (Wildman–Crippen MR) is 255 cm³/mol. The van der Waals surface area contributed by atoms with Crippen LogP contribution in [0.1, 0.15) is 66.0 Å². The van der Waals surface area contributed by atoms with Crippen molar-refractivity contribution in [3.63, 3.8) is 0 Å². The molecule has 0 saturated carbocycles. The van der Waals surface area contributed by atoms with Crippen molar-refractivity contribution < 1.29 is 51.3 Å². The molecule has 4 aliphatic heterocycles. The van der Waals surface area contributed by atoms with Crippen LogP contribution in [0.3, 0.4) is 0 Å². The van der Waals surface area contributed by atoms with Gasteiger partial charge in [0.15, 0.2) is 31.9 Å². The molecule has 0 spiro atoms. The lowest BCUT2D eigenvalue weighted by Crippen LogP contribution is -2.49. The van der Waals surface area contributed by atoms with Crippen LogP contribution in [-0.2, 0) is 66.1 Å². The molecule has 3 fully saturated rings. The second-order valence-electron chi connectivity index (χ2n) is 20.4. The molecule has 3 saturated heterocycles. The highest BCUT2D eigenvalue weighted by atomic mass is 32.7. The van der Waals surface area contributed by atoms with Crippen LogP contribution < -0.4 is 10.9 Å². The summed E-state index contributed by atoms with van der Waals surface area (Å²) in [6.45, 7) is 12.6. The largest absolute Gasteiger partial charge is 0.407 e. The van der Waals surface area contributed by atoms with Crippen molar-refractivity contribution in [2.24, 2.45) is 0 Å². The Balaban J connectivity index is 1.19. The molecule has 3 N–H and O–H groups in total. The number of thiol groups is 1. The maximum absolute atomic E-state index is 14.7. The lowest BCUT2D eigenvalue weighted by Gasteiger charge is -2.41. The molecule has 10 atom stereocenters. The van der Waals surface area contributed by atoms with E-state index >= 15 is 0 Å². The Labute approximate surface area is 390 Å². The standard InChI is InChI=1S/C39H62N8O12P2S2Si2/c1-38(2,3)64(7,8)22-52-28-24-17-53-60(50,62)57-29-25(18-54-61(51,63)58-30(28)36(55-24)47-21-43-27-34(47)44-20-45(14-15-48)35(27)49)56-37(31(29)59-65(9,10)39(4,5)6)46-16-23-12-11-13-40-32-26(23)33(46)42-19-41-32/h16,19-21,24-25,28-31,36-37,48H,11-15,17-18,22H2,1-10H3,(H,50,62)(H,51,63)(H,40,41,42)/t24-,25-,28-,29-,30-,31-,36-,37-,60?,61?/m1/s1. The molecule has 0 aliphatic carbocycles. The number of aromatic nitrogens is 7. The topological polar surface area (TPSA) is 227 Å². The van der Waals surface area contributed by atoms with Crippen molar-refractivity contribution in [3.05, 3.63) is 41.1 Å². The van der Waals surface area contributed by atoms with Crippen molar-refractivity contribution in [3.8, 4) is 0 Å². The molecule has 4 aliphatic rings. The molecular formula is C39H62N8O12P2S2Si2. The van der Waals surface area contributed by atoms with Crippen LogP contribution in [0.2, 0.25) is 36.3 Å². The van der Waals surface area contributed by atoms with Crippen molar-refractivity contribution in [2.75, 3.05) is 37.9 Å². The lowest BCUT2D eigenvalue weighted by atomic mass is 10.1. The van der Waals surface area contributed by atoms with Gasteiger partial charge in [-0.15, -0.1) is 0 Å². The van der Waals surface area contributed by atoms with Crippen LogP contribution in [0, 0.1) is 0 Å². The van der Waals surface area contributed by atoms with Gasteiger partial charge in [-0.1, -0.05) is 66.9 Å². The average Bonchev–Trinajstić information content (AvgIpc) is 3.93. The van der Waals surface area contributed by atoms with Gasteiger partial charge in [0.1, 0.15) is 60.7 Å². The first-order chi connectivity index (χ1) is 30.3. The molecule has 360 valence electrons. The summed E-state index contributed by atoms with van der Waals surface area (Å²) in [7, 11) is -4.80. The highest BCUT2D eigenvalue weighted by Crippen LogP contribution is 2.59. The molecule has 8 heterocycles. The number of aliphatic hydroxyl groups is 1. The normalized spacial score (nSPS) is 31.8. The van der Waals surface area contributed by atoms with E-state index in [4.69, 9.17) is 53.5 Å². The van der Waals surface area contributed by atoms with Crippen LogP contribution >= 0.6 is 25.8 Å². The Bertz CT molecular complexity index is 2570. The number of imidazole rings is 1.